The van der Waals surface area contributed by atoms with Crippen molar-refractivity contribution in [2.75, 3.05) is 88.9 Å². The number of hydrogen-bond acceptors (Lipinski definition) is 9. The Kier molecular flexibility index (Phi) is 36.5. The summed E-state index contributed by atoms with van der Waals surface area (Å²) in [5.74, 6) is 6.66. The molecule has 11 heteroatoms. The zero-order valence-electron chi connectivity index (χ0n) is 73.4. The second-order valence-electron chi connectivity index (χ2n) is 31.8. The number of hydrogen-bond donors (Lipinski definition) is 1. The highest BCUT2D eigenvalue weighted by atomic mass is 79.9. The summed E-state index contributed by atoms with van der Waals surface area (Å²) in [6.07, 6.45) is 20.4. The van der Waals surface area contributed by atoms with Crippen molar-refractivity contribution in [3.8, 4) is 23.0 Å². The van der Waals surface area contributed by atoms with Gasteiger partial charge in [0.05, 0.1) is 34.5 Å². The predicted molar refractivity (Wildman–Crippen MR) is 494 cm³/mol. The number of halogens is 1. The Hall–Kier alpha value is -8.44. The lowest BCUT2D eigenvalue weighted by Crippen LogP contribution is -3.00. The highest BCUT2D eigenvalue weighted by Gasteiger charge is 2.56. The quantitative estimate of drug-likeness (QED) is 0.0797. The van der Waals surface area contributed by atoms with Crippen molar-refractivity contribution in [2.24, 2.45) is 0 Å². The van der Waals surface area contributed by atoms with E-state index in [1.807, 2.05) is 72.7 Å². The summed E-state index contributed by atoms with van der Waals surface area (Å²) in [5, 5.41) is 13.9. The first-order chi connectivity index (χ1) is 56.7. The molecule has 10 aromatic rings. The Balaban J connectivity index is 0.000000168. The molecule has 0 amide bonds. The van der Waals surface area contributed by atoms with Gasteiger partial charge in [-0.25, -0.2) is 0 Å². The molecular weight excluding hydrogens is 1520 g/mol. The molecule has 1 N–H and O–H groups in total. The number of fused-ring (bicyclic) bond motifs is 4. The van der Waals surface area contributed by atoms with Crippen LogP contribution in [-0.4, -0.2) is 115 Å². The Morgan fingerprint density at radius 1 is 0.385 bits per heavy atom. The van der Waals surface area contributed by atoms with Crippen LogP contribution in [0.5, 0.6) is 23.0 Å². The lowest BCUT2D eigenvalue weighted by atomic mass is 9.85. The summed E-state index contributed by atoms with van der Waals surface area (Å²) >= 11 is 0. The van der Waals surface area contributed by atoms with Gasteiger partial charge in [-0.05, 0) is 334 Å². The molecule has 9 nitrogen and oxygen atoms in total. The van der Waals surface area contributed by atoms with E-state index in [4.69, 9.17) is 18.9 Å². The summed E-state index contributed by atoms with van der Waals surface area (Å²) in [6, 6.07) is 79.5. The summed E-state index contributed by atoms with van der Waals surface area (Å²) in [6.45, 7) is 25.8. The van der Waals surface area contributed by atoms with Crippen molar-refractivity contribution in [1.82, 2.24) is 14.7 Å². The van der Waals surface area contributed by atoms with Crippen LogP contribution in [0.1, 0.15) is 241 Å². The van der Waals surface area contributed by atoms with Crippen LogP contribution in [0.2, 0.25) is 0 Å². The number of aryl methyl sites for hydroxylation is 7. The maximum absolute atomic E-state index is 10.8. The average molecular weight is 1660 g/mol. The molecule has 0 radical (unpaired) electrons. The van der Waals surface area contributed by atoms with Gasteiger partial charge in [0.2, 0.25) is 0 Å². The maximum atomic E-state index is 10.8. The molecule has 3 aliphatic heterocycles. The molecule has 3 heterocycles. The van der Waals surface area contributed by atoms with Crippen LogP contribution in [0, 0.1) is 20.8 Å². The van der Waals surface area contributed by atoms with E-state index in [0.29, 0.717) is 17.5 Å². The van der Waals surface area contributed by atoms with Crippen molar-refractivity contribution in [3.05, 3.63) is 313 Å². The second-order valence-corrected chi connectivity index (χ2v) is 35.4. The highest BCUT2D eigenvalue weighted by molar-refractivity contribution is 7.96. The van der Waals surface area contributed by atoms with Crippen LogP contribution < -0.4 is 51.8 Å². The molecule has 117 heavy (non-hydrogen) atoms. The molecule has 622 valence electrons. The predicted octanol–water partition coefficient (Wildman–Crippen LogP) is 20.4. The minimum Gasteiger partial charge on any atom is -1.00 e. The second kappa shape index (κ2) is 46.2. The molecule has 0 aromatic heterocycles. The number of aliphatic hydroxyl groups excluding tert-OH is 1. The van der Waals surface area contributed by atoms with E-state index < -0.39 is 7.26 Å². The number of allylic oxidation sites excluding steroid dienone is 1. The molecule has 3 atom stereocenters. The Morgan fingerprint density at radius 2 is 0.761 bits per heavy atom. The van der Waals surface area contributed by atoms with Gasteiger partial charge < -0.3 is 55.7 Å². The molecular formula is C106H135BrN3O6P. The van der Waals surface area contributed by atoms with Crippen LogP contribution in [-0.2, 0) is 32.1 Å². The molecule has 0 saturated carbocycles. The highest BCUT2D eigenvalue weighted by Crippen LogP contribution is 2.71. The van der Waals surface area contributed by atoms with Gasteiger partial charge in [0.1, 0.15) is 58.1 Å². The number of carbonyl (C=O) groups is 1. The summed E-state index contributed by atoms with van der Waals surface area (Å²) in [5.41, 5.74) is 24.6. The van der Waals surface area contributed by atoms with Gasteiger partial charge in [-0.1, -0.05) is 205 Å². The zero-order valence-corrected chi connectivity index (χ0v) is 75.9. The smallest absolute Gasteiger partial charge is 0.150 e. The zero-order chi connectivity index (χ0) is 82.7. The van der Waals surface area contributed by atoms with E-state index in [9.17, 15) is 9.90 Å². The first kappa shape index (κ1) is 92.4. The number of benzene rings is 10. The van der Waals surface area contributed by atoms with Gasteiger partial charge in [0, 0.05) is 27.8 Å². The van der Waals surface area contributed by atoms with Gasteiger partial charge in [-0.3, -0.25) is 4.79 Å². The van der Waals surface area contributed by atoms with E-state index in [1.54, 1.807) is 34.0 Å². The monoisotopic (exact) mass is 1660 g/mol. The maximum Gasteiger partial charge on any atom is 0.150 e. The lowest BCUT2D eigenvalue weighted by Gasteiger charge is -2.33. The average Bonchev–Trinajstić information content (AvgIpc) is 1.67. The van der Waals surface area contributed by atoms with E-state index >= 15 is 0 Å². The molecule has 3 fully saturated rings. The normalized spacial score (nSPS) is 17.9. The third kappa shape index (κ3) is 22.5. The van der Waals surface area contributed by atoms with Crippen molar-refractivity contribution >= 4 is 41.1 Å². The topological polar surface area (TPSA) is 83.9 Å². The molecule has 7 aliphatic rings. The molecule has 10 aromatic carbocycles. The Morgan fingerprint density at radius 3 is 1.20 bits per heavy atom. The summed E-state index contributed by atoms with van der Waals surface area (Å²) in [7, 11) is 11.7. The SMILES string of the molecule is CC.CC.CC.COc1cccc2c1/C(=C/c1ccc(C3CCN(C)CC3)cc1C)CC2.COc1cccc2c1C(Cc1ccc(C3CCN(C)CC3)cc1C)CC2.COc1cccc2c1C(O)CC2.COc1cccc2c1C([P+](c1ccccc1)(c1ccccc1)c1ccccc1)CC2.Cc1cc(C2CCN(C)CC2)ccc1C=O.[Br-]. The van der Waals surface area contributed by atoms with Crippen LogP contribution >= 0.6 is 7.26 Å². The van der Waals surface area contributed by atoms with E-state index in [-0.39, 0.29) is 23.1 Å². The number of ether oxygens (including phenoxy) is 4. The van der Waals surface area contributed by atoms with Gasteiger partial charge in [-0.2, -0.15) is 0 Å². The molecule has 3 unspecified atom stereocenters. The molecule has 17 rings (SSSR count). The fourth-order valence-electron chi connectivity index (χ4n) is 18.8. The minimum atomic E-state index is -1.95. The molecule has 0 spiro atoms. The van der Waals surface area contributed by atoms with Gasteiger partial charge in [0.25, 0.3) is 0 Å². The number of methoxy groups -OCH3 is 4. The van der Waals surface area contributed by atoms with Crippen molar-refractivity contribution in [2.45, 2.75) is 194 Å². The molecule has 0 bridgehead atoms. The third-order valence-electron chi connectivity index (χ3n) is 25.1. The number of carbonyl (C=O) groups excluding carboxylic acids is 1. The van der Waals surface area contributed by atoms with Crippen LogP contribution in [0.3, 0.4) is 0 Å². The Bertz CT molecular complexity index is 4640. The third-order valence-corrected chi connectivity index (χ3v) is 29.9. The first-order valence-electron chi connectivity index (χ1n) is 43.6. The van der Waals surface area contributed by atoms with Crippen molar-refractivity contribution < 1.29 is 45.8 Å². The fraction of sp³-hybridized carbons (Fsp3) is 0.406. The van der Waals surface area contributed by atoms with Crippen molar-refractivity contribution in [1.29, 1.82) is 0 Å². The molecule has 4 aliphatic carbocycles. The Labute approximate surface area is 715 Å². The number of rotatable bonds is 15. The van der Waals surface area contributed by atoms with Gasteiger partial charge >= 0.3 is 0 Å². The van der Waals surface area contributed by atoms with Gasteiger partial charge in [0.15, 0.2) is 0 Å². The first-order valence-corrected chi connectivity index (χ1v) is 45.4. The van der Waals surface area contributed by atoms with Crippen LogP contribution in [0.25, 0.3) is 11.6 Å². The van der Waals surface area contributed by atoms with Crippen LogP contribution in [0.4, 0.5) is 0 Å². The summed E-state index contributed by atoms with van der Waals surface area (Å²) in [4.78, 5) is 18.0. The largest absolute Gasteiger partial charge is 1.00 e. The standard InChI is InChI=1S/C28H26OP.C24H31NO.C24H29NO.C14H19NO.C10H12O2.3C2H6.BrH/c1-29-26-19-11-12-22-20-21-27(28(22)26)30(23-13-5-2-6-14-23,24-15-7-3-8-16-24)25-17-9-4-10-18-25;2*1-17-15-21(18-11-13-25(2)14-12-18)9-8-20(17)16-22-10-7-19-5-4-6-23(26-3)24(19)22;1-11-9-13(3-4-14(11)10-16)12-5-7-15(2)8-6-12;1-12-9-4-2-3-7-5-6-8(11)10(7)9;3*1-2;/h2-19,27H,20-21H2,1H3;4-6,8-9,15,18,22H,7,10-14,16H2,1-3H3;4-6,8-9,15-16,18H,7,10-14H2,1-3H3;3-4,9-10,12H,5-8H2,1-2H3;2-4,8,11H,5-6H2,1H3;3*1-2H3;1H/q+1;;;;;;;;/p-1/b;;22-16+;;;;;;. The minimum absolute atomic E-state index is 0. The molecule has 3 saturated heterocycles. The van der Waals surface area contributed by atoms with Crippen LogP contribution in [0.15, 0.2) is 218 Å². The number of aliphatic hydroxyl groups is 1. The fourth-order valence-corrected chi connectivity index (χ4v) is 23.9. The van der Waals surface area contributed by atoms with E-state index in [2.05, 4.69) is 250 Å². The number of likely N-dealkylation sites (tertiary alicyclic amines) is 3. The van der Waals surface area contributed by atoms with E-state index in [0.717, 1.165) is 103 Å². The van der Waals surface area contributed by atoms with E-state index in [1.165, 1.54) is 184 Å². The van der Waals surface area contributed by atoms with Gasteiger partial charge in [-0.15, -0.1) is 0 Å². The summed E-state index contributed by atoms with van der Waals surface area (Å²) < 4.78 is 22.4. The van der Waals surface area contributed by atoms with Crippen molar-refractivity contribution in [3.63, 3.8) is 0 Å². The lowest BCUT2D eigenvalue weighted by molar-refractivity contribution is -0.0000328. The number of aldehydes is 1. The number of piperidine rings is 3. The number of nitrogens with zero attached hydrogens (tertiary/aromatic N) is 3.